The summed E-state index contributed by atoms with van der Waals surface area (Å²) in [6.45, 7) is 2.24. The lowest BCUT2D eigenvalue weighted by molar-refractivity contribution is 0.0741. The average Bonchev–Trinajstić information content (AvgIpc) is 2.88. The molecule has 0 fully saturated rings. The van der Waals surface area contributed by atoms with Crippen LogP contribution in [0.3, 0.4) is 0 Å². The molecular weight excluding hydrogens is 436 g/mol. The van der Waals surface area contributed by atoms with E-state index < -0.39 is 0 Å². The minimum absolute atomic E-state index is 0.321. The second-order valence-corrected chi connectivity index (χ2v) is 9.74. The summed E-state index contributed by atoms with van der Waals surface area (Å²) < 4.78 is 6.09. The van der Waals surface area contributed by atoms with Gasteiger partial charge in [0.05, 0.1) is 5.56 Å². The molecule has 0 aliphatic heterocycles. The van der Waals surface area contributed by atoms with Crippen LogP contribution in [0.15, 0.2) is 95.9 Å². The van der Waals surface area contributed by atoms with Crippen molar-refractivity contribution in [3.8, 4) is 5.75 Å². The minimum Gasteiger partial charge on any atom is -0.422 e. The summed E-state index contributed by atoms with van der Waals surface area (Å²) in [6.07, 6.45) is 5.03. The molecule has 170 valence electrons. The van der Waals surface area contributed by atoms with Gasteiger partial charge >= 0.3 is 5.97 Å². The fourth-order valence-corrected chi connectivity index (χ4v) is 5.62. The fourth-order valence-electron chi connectivity index (χ4n) is 4.55. The number of fused-ring (bicyclic) bond motifs is 3. The van der Waals surface area contributed by atoms with E-state index in [2.05, 4.69) is 25.1 Å². The number of ether oxygens (including phenoxy) is 1. The summed E-state index contributed by atoms with van der Waals surface area (Å²) in [5, 5.41) is 6.00. The maximum Gasteiger partial charge on any atom is 0.344 e. The van der Waals surface area contributed by atoms with Crippen LogP contribution in [0.1, 0.15) is 43.0 Å². The van der Waals surface area contributed by atoms with Gasteiger partial charge in [0.25, 0.3) is 0 Å². The summed E-state index contributed by atoms with van der Waals surface area (Å²) in [5.41, 5.74) is 0.618. The van der Waals surface area contributed by atoms with Crippen LogP contribution in [0.4, 0.5) is 0 Å². The summed E-state index contributed by atoms with van der Waals surface area (Å²) in [7, 11) is 0. The van der Waals surface area contributed by atoms with E-state index in [1.165, 1.54) is 30.6 Å². The SMILES string of the molecule is CCCCCCSc1ccc(OC(=O)c2c3ccccc3cc3ccccc23)c2ccccc12. The van der Waals surface area contributed by atoms with Gasteiger partial charge in [0.1, 0.15) is 5.75 Å². The first-order valence-electron chi connectivity index (χ1n) is 12.0. The zero-order chi connectivity index (χ0) is 23.3. The highest BCUT2D eigenvalue weighted by Crippen LogP contribution is 2.36. The molecule has 0 saturated carbocycles. The number of rotatable bonds is 8. The maximum absolute atomic E-state index is 13.6. The van der Waals surface area contributed by atoms with Gasteiger partial charge in [-0.05, 0) is 57.3 Å². The van der Waals surface area contributed by atoms with Crippen LogP contribution < -0.4 is 4.74 Å². The molecular formula is C31H28O2S. The van der Waals surface area contributed by atoms with Crippen molar-refractivity contribution in [1.29, 1.82) is 0 Å². The van der Waals surface area contributed by atoms with Gasteiger partial charge < -0.3 is 4.74 Å². The number of carbonyl (C=O) groups excluding carboxylic acids is 1. The van der Waals surface area contributed by atoms with Crippen LogP contribution >= 0.6 is 11.8 Å². The average molecular weight is 465 g/mol. The van der Waals surface area contributed by atoms with Crippen molar-refractivity contribution in [1.82, 2.24) is 0 Å². The van der Waals surface area contributed by atoms with Gasteiger partial charge in [-0.2, -0.15) is 0 Å². The molecule has 34 heavy (non-hydrogen) atoms. The Bertz CT molecular complexity index is 1420. The highest BCUT2D eigenvalue weighted by Gasteiger charge is 2.18. The van der Waals surface area contributed by atoms with Crippen molar-refractivity contribution in [2.24, 2.45) is 0 Å². The Morgan fingerprint density at radius 2 is 1.32 bits per heavy atom. The third-order valence-electron chi connectivity index (χ3n) is 6.28. The Kier molecular flexibility index (Phi) is 6.82. The fraction of sp³-hybridized carbons (Fsp3) is 0.194. The van der Waals surface area contributed by atoms with Crippen LogP contribution in [0.5, 0.6) is 5.75 Å². The van der Waals surface area contributed by atoms with Crippen molar-refractivity contribution in [3.63, 3.8) is 0 Å². The molecule has 0 radical (unpaired) electrons. The Morgan fingerprint density at radius 1 is 0.706 bits per heavy atom. The number of benzene rings is 5. The second kappa shape index (κ2) is 10.3. The highest BCUT2D eigenvalue weighted by atomic mass is 32.2. The van der Waals surface area contributed by atoms with Crippen LogP contribution in [0.2, 0.25) is 0 Å². The molecule has 0 atom stereocenters. The maximum atomic E-state index is 13.6. The lowest BCUT2D eigenvalue weighted by Crippen LogP contribution is -2.10. The number of thioether (sulfide) groups is 1. The predicted octanol–water partition coefficient (Wildman–Crippen LogP) is 9.04. The van der Waals surface area contributed by atoms with Crippen molar-refractivity contribution in [2.75, 3.05) is 5.75 Å². The minimum atomic E-state index is -0.321. The molecule has 0 saturated heterocycles. The Balaban J connectivity index is 1.50. The van der Waals surface area contributed by atoms with Gasteiger partial charge in [0, 0.05) is 10.3 Å². The van der Waals surface area contributed by atoms with E-state index in [9.17, 15) is 4.79 Å². The summed E-state index contributed by atoms with van der Waals surface area (Å²) >= 11 is 1.89. The van der Waals surface area contributed by atoms with Crippen molar-refractivity contribution in [3.05, 3.63) is 96.6 Å². The summed E-state index contributed by atoms with van der Waals surface area (Å²) in [4.78, 5) is 14.9. The lowest BCUT2D eigenvalue weighted by Gasteiger charge is -2.14. The van der Waals surface area contributed by atoms with E-state index in [-0.39, 0.29) is 5.97 Å². The van der Waals surface area contributed by atoms with Gasteiger partial charge in [-0.15, -0.1) is 11.8 Å². The van der Waals surface area contributed by atoms with Crippen molar-refractivity contribution in [2.45, 2.75) is 37.5 Å². The van der Waals surface area contributed by atoms with Crippen LogP contribution in [0, 0.1) is 0 Å². The Hall–Kier alpha value is -3.30. The molecule has 0 aromatic heterocycles. The number of esters is 1. The smallest absolute Gasteiger partial charge is 0.344 e. The number of hydrogen-bond acceptors (Lipinski definition) is 3. The molecule has 0 spiro atoms. The van der Waals surface area contributed by atoms with Crippen molar-refractivity contribution < 1.29 is 9.53 Å². The van der Waals surface area contributed by atoms with E-state index in [1.54, 1.807) is 0 Å². The zero-order valence-electron chi connectivity index (χ0n) is 19.4. The molecule has 0 amide bonds. The Labute approximate surface area is 204 Å². The quantitative estimate of drug-likeness (QED) is 0.0753. The van der Waals surface area contributed by atoms with E-state index in [0.29, 0.717) is 11.3 Å². The molecule has 5 rings (SSSR count). The highest BCUT2D eigenvalue weighted by molar-refractivity contribution is 7.99. The molecule has 0 unspecified atom stereocenters. The third-order valence-corrected chi connectivity index (χ3v) is 7.44. The standard InChI is InChI=1S/C31H28O2S/c1-2-3-4-11-20-34-29-19-18-28(26-16-9-10-17-27(26)29)33-31(32)30-24-14-7-5-12-22(24)21-23-13-6-8-15-25(23)30/h5-10,12-19,21H,2-4,11,20H2,1H3. The first-order valence-corrected chi connectivity index (χ1v) is 13.0. The van der Waals surface area contributed by atoms with E-state index >= 15 is 0 Å². The van der Waals surface area contributed by atoms with E-state index in [0.717, 1.165) is 38.1 Å². The van der Waals surface area contributed by atoms with E-state index in [1.807, 2.05) is 84.6 Å². The lowest BCUT2D eigenvalue weighted by atomic mass is 9.97. The number of hydrogen-bond donors (Lipinski definition) is 0. The molecule has 0 aliphatic carbocycles. The molecule has 0 N–H and O–H groups in total. The van der Waals surface area contributed by atoms with E-state index in [4.69, 9.17) is 4.74 Å². The predicted molar refractivity (Wildman–Crippen MR) is 145 cm³/mol. The van der Waals surface area contributed by atoms with Gasteiger partial charge in [0.15, 0.2) is 0 Å². The monoisotopic (exact) mass is 464 g/mol. The van der Waals surface area contributed by atoms with Gasteiger partial charge in [-0.3, -0.25) is 0 Å². The summed E-state index contributed by atoms with van der Waals surface area (Å²) in [5.74, 6) is 1.39. The molecule has 2 nitrogen and oxygen atoms in total. The zero-order valence-corrected chi connectivity index (χ0v) is 20.2. The number of carbonyl (C=O) groups is 1. The number of unbranched alkanes of at least 4 members (excludes halogenated alkanes) is 3. The van der Waals surface area contributed by atoms with Crippen molar-refractivity contribution >= 4 is 50.0 Å². The van der Waals surface area contributed by atoms with Gasteiger partial charge in [-0.1, -0.05) is 99.0 Å². The molecule has 0 heterocycles. The molecule has 5 aromatic rings. The summed E-state index contributed by atoms with van der Waals surface area (Å²) in [6, 6.07) is 30.4. The second-order valence-electron chi connectivity index (χ2n) is 8.60. The first kappa shape index (κ1) is 22.5. The largest absolute Gasteiger partial charge is 0.422 e. The topological polar surface area (TPSA) is 26.3 Å². The molecule has 0 aliphatic rings. The first-order chi connectivity index (χ1) is 16.8. The normalized spacial score (nSPS) is 11.3. The third kappa shape index (κ3) is 4.53. The van der Waals surface area contributed by atoms with Crippen LogP contribution in [-0.4, -0.2) is 11.7 Å². The Morgan fingerprint density at radius 3 is 2.00 bits per heavy atom. The van der Waals surface area contributed by atoms with Crippen LogP contribution in [0.25, 0.3) is 32.3 Å². The molecule has 0 bridgehead atoms. The van der Waals surface area contributed by atoms with Crippen LogP contribution in [-0.2, 0) is 0 Å². The van der Waals surface area contributed by atoms with Gasteiger partial charge in [0.2, 0.25) is 0 Å². The molecule has 3 heteroatoms. The molecule has 5 aromatic carbocycles. The van der Waals surface area contributed by atoms with Gasteiger partial charge in [-0.25, -0.2) is 4.79 Å².